The van der Waals surface area contributed by atoms with E-state index in [0.717, 1.165) is 50.0 Å². The second-order valence-corrected chi connectivity index (χ2v) is 8.01. The van der Waals surface area contributed by atoms with Crippen LogP contribution in [0.2, 0.25) is 0 Å². The first kappa shape index (κ1) is 19.8. The number of esters is 1. The predicted octanol–water partition coefficient (Wildman–Crippen LogP) is 3.97. The molecule has 0 saturated carbocycles. The van der Waals surface area contributed by atoms with Crippen LogP contribution in [0.5, 0.6) is 5.75 Å². The Labute approximate surface area is 171 Å². The van der Waals surface area contributed by atoms with Crippen LogP contribution in [-0.2, 0) is 20.7 Å². The Kier molecular flexibility index (Phi) is 5.30. The Morgan fingerprint density at radius 3 is 2.79 bits per heavy atom. The highest BCUT2D eigenvalue weighted by atomic mass is 16.6. The number of carbonyl (C=O) groups is 1. The molecule has 29 heavy (non-hydrogen) atoms. The monoisotopic (exact) mass is 398 g/mol. The van der Waals surface area contributed by atoms with Crippen molar-refractivity contribution in [1.29, 1.82) is 0 Å². The summed E-state index contributed by atoms with van der Waals surface area (Å²) in [7, 11) is 4.63. The zero-order valence-electron chi connectivity index (χ0n) is 17.7. The number of benzene rings is 1. The van der Waals surface area contributed by atoms with Crippen molar-refractivity contribution in [3.05, 3.63) is 41.3 Å². The Balaban J connectivity index is 1.87. The molecule has 3 heterocycles. The molecule has 6 nitrogen and oxygen atoms in total. The third kappa shape index (κ3) is 3.19. The average molecular weight is 399 g/mol. The lowest BCUT2D eigenvalue weighted by molar-refractivity contribution is -0.139. The van der Waals surface area contributed by atoms with Crippen molar-refractivity contribution in [3.8, 4) is 5.75 Å². The molecule has 156 valence electrons. The third-order valence-corrected chi connectivity index (χ3v) is 6.75. The normalized spacial score (nSPS) is 24.7. The molecule has 2 aliphatic heterocycles. The van der Waals surface area contributed by atoms with E-state index in [1.165, 1.54) is 30.9 Å². The molecule has 2 aliphatic rings. The van der Waals surface area contributed by atoms with Gasteiger partial charge >= 0.3 is 5.97 Å². The molecule has 1 fully saturated rings. The molecule has 0 amide bonds. The number of aromatic amines is 1. The second kappa shape index (κ2) is 7.75. The summed E-state index contributed by atoms with van der Waals surface area (Å²) in [5, 5.41) is 1.23. The lowest BCUT2D eigenvalue weighted by atomic mass is 9.67. The number of aromatic nitrogens is 1. The van der Waals surface area contributed by atoms with Crippen LogP contribution < -0.4 is 4.74 Å². The maximum Gasteiger partial charge on any atom is 0.372 e. The number of methoxy groups -OCH3 is 3. The summed E-state index contributed by atoms with van der Waals surface area (Å²) in [6.45, 7) is 4.28. The molecule has 1 aromatic carbocycles. The minimum atomic E-state index is -0.421. The van der Waals surface area contributed by atoms with Gasteiger partial charge in [0.1, 0.15) is 5.75 Å². The largest absolute Gasteiger partial charge is 0.497 e. The Morgan fingerprint density at radius 1 is 1.28 bits per heavy atom. The lowest BCUT2D eigenvalue weighted by Gasteiger charge is -2.50. The van der Waals surface area contributed by atoms with Crippen molar-refractivity contribution in [2.45, 2.75) is 38.6 Å². The van der Waals surface area contributed by atoms with Crippen molar-refractivity contribution in [1.82, 2.24) is 9.88 Å². The molecule has 1 saturated heterocycles. The highest BCUT2D eigenvalue weighted by molar-refractivity contribution is 5.87. The number of rotatable bonds is 5. The first-order valence-electron chi connectivity index (χ1n) is 10.3. The summed E-state index contributed by atoms with van der Waals surface area (Å²) >= 11 is 0. The number of nitrogens with zero attached hydrogens (tertiary/aromatic N) is 1. The molecule has 4 rings (SSSR count). The zero-order valence-corrected chi connectivity index (χ0v) is 17.7. The molecule has 1 N–H and O–H groups in total. The van der Waals surface area contributed by atoms with Crippen molar-refractivity contribution < 1.29 is 19.0 Å². The number of piperidine rings is 1. The SMILES string of the molecule is CC[C@@]1(C=C(OC)C(=O)OC)CCCN2CCc3c([nH]c4ccc(OC)cc34)[C@@H]21. The smallest absolute Gasteiger partial charge is 0.372 e. The molecule has 6 heteroatoms. The fourth-order valence-corrected chi connectivity index (χ4v) is 5.27. The highest BCUT2D eigenvalue weighted by Crippen LogP contribution is 2.53. The van der Waals surface area contributed by atoms with Gasteiger partial charge in [-0.15, -0.1) is 0 Å². The lowest BCUT2D eigenvalue weighted by Crippen LogP contribution is -2.48. The summed E-state index contributed by atoms with van der Waals surface area (Å²) < 4.78 is 15.8. The van der Waals surface area contributed by atoms with Crippen LogP contribution in [0.3, 0.4) is 0 Å². The summed E-state index contributed by atoms with van der Waals surface area (Å²) in [5.74, 6) is 0.746. The van der Waals surface area contributed by atoms with Gasteiger partial charge in [-0.1, -0.05) is 6.92 Å². The molecule has 1 aromatic heterocycles. The van der Waals surface area contributed by atoms with E-state index in [1.54, 1.807) is 7.11 Å². The molecule has 2 atom stereocenters. The van der Waals surface area contributed by atoms with Gasteiger partial charge in [0.05, 0.1) is 27.4 Å². The van der Waals surface area contributed by atoms with Crippen molar-refractivity contribution in [2.24, 2.45) is 5.41 Å². The van der Waals surface area contributed by atoms with Gasteiger partial charge in [-0.3, -0.25) is 4.90 Å². The number of fused-ring (bicyclic) bond motifs is 5. The van der Waals surface area contributed by atoms with Gasteiger partial charge in [0.15, 0.2) is 0 Å². The van der Waals surface area contributed by atoms with Gasteiger partial charge in [-0.25, -0.2) is 4.79 Å². The van der Waals surface area contributed by atoms with Crippen LogP contribution in [-0.4, -0.2) is 50.3 Å². The number of carbonyl (C=O) groups excluding carboxylic acids is 1. The molecule has 0 aliphatic carbocycles. The van der Waals surface area contributed by atoms with Gasteiger partial charge in [-0.05, 0) is 62.1 Å². The quantitative estimate of drug-likeness (QED) is 0.469. The standard InChI is InChI=1S/C23H30N2O4/c1-5-23(14-19(28-3)22(26)29-4)10-6-11-25-12-9-16-17-13-15(27-2)7-8-18(17)24-20(16)21(23)25/h7-8,13-14,21,24H,5-6,9-12H2,1-4H3/t21-,23+/m1/s1. The zero-order chi connectivity index (χ0) is 20.6. The molecular weight excluding hydrogens is 368 g/mol. The first-order chi connectivity index (χ1) is 14.1. The summed E-state index contributed by atoms with van der Waals surface area (Å²) in [6, 6.07) is 6.40. The average Bonchev–Trinajstić information content (AvgIpc) is 3.14. The van der Waals surface area contributed by atoms with Gasteiger partial charge in [-0.2, -0.15) is 0 Å². The molecule has 2 aromatic rings. The maximum atomic E-state index is 12.2. The van der Waals surface area contributed by atoms with Gasteiger partial charge in [0.25, 0.3) is 0 Å². The van der Waals surface area contributed by atoms with E-state index in [2.05, 4.69) is 28.9 Å². The minimum Gasteiger partial charge on any atom is -0.497 e. The fraction of sp³-hybridized carbons (Fsp3) is 0.522. The van der Waals surface area contributed by atoms with Crippen LogP contribution in [0.15, 0.2) is 30.0 Å². The predicted molar refractivity (Wildman–Crippen MR) is 112 cm³/mol. The fourth-order valence-electron chi connectivity index (χ4n) is 5.27. The number of H-pyrrole nitrogens is 1. The summed E-state index contributed by atoms with van der Waals surface area (Å²) in [4.78, 5) is 18.5. The maximum absolute atomic E-state index is 12.2. The Morgan fingerprint density at radius 2 is 2.10 bits per heavy atom. The van der Waals surface area contributed by atoms with Crippen LogP contribution in [0, 0.1) is 5.41 Å². The van der Waals surface area contributed by atoms with E-state index in [1.807, 2.05) is 12.1 Å². The highest BCUT2D eigenvalue weighted by Gasteiger charge is 2.47. The van der Waals surface area contributed by atoms with E-state index in [0.29, 0.717) is 5.76 Å². The Hall–Kier alpha value is -2.47. The number of hydrogen-bond acceptors (Lipinski definition) is 5. The van der Waals surface area contributed by atoms with Crippen LogP contribution >= 0.6 is 0 Å². The summed E-state index contributed by atoms with van der Waals surface area (Å²) in [6.07, 6.45) is 6.05. The van der Waals surface area contributed by atoms with Crippen LogP contribution in [0.4, 0.5) is 0 Å². The molecule has 0 radical (unpaired) electrons. The minimum absolute atomic E-state index is 0.179. The third-order valence-electron chi connectivity index (χ3n) is 6.75. The first-order valence-corrected chi connectivity index (χ1v) is 10.3. The molecular formula is C23H30N2O4. The van der Waals surface area contributed by atoms with E-state index >= 15 is 0 Å². The Bertz CT molecular complexity index is 948. The van der Waals surface area contributed by atoms with E-state index in [-0.39, 0.29) is 11.5 Å². The number of ether oxygens (including phenoxy) is 3. The van der Waals surface area contributed by atoms with Gasteiger partial charge in [0.2, 0.25) is 5.76 Å². The van der Waals surface area contributed by atoms with E-state index in [4.69, 9.17) is 14.2 Å². The number of nitrogens with one attached hydrogen (secondary N) is 1. The van der Waals surface area contributed by atoms with E-state index in [9.17, 15) is 4.79 Å². The number of hydrogen-bond donors (Lipinski definition) is 1. The van der Waals surface area contributed by atoms with Crippen molar-refractivity contribution in [3.63, 3.8) is 0 Å². The van der Waals surface area contributed by atoms with E-state index < -0.39 is 5.97 Å². The van der Waals surface area contributed by atoms with Crippen LogP contribution in [0.25, 0.3) is 10.9 Å². The van der Waals surface area contributed by atoms with Gasteiger partial charge in [0, 0.05) is 28.6 Å². The van der Waals surface area contributed by atoms with Crippen molar-refractivity contribution >= 4 is 16.9 Å². The second-order valence-electron chi connectivity index (χ2n) is 8.01. The van der Waals surface area contributed by atoms with Gasteiger partial charge < -0.3 is 19.2 Å². The molecule has 0 bridgehead atoms. The van der Waals surface area contributed by atoms with Crippen molar-refractivity contribution in [2.75, 3.05) is 34.4 Å². The summed E-state index contributed by atoms with van der Waals surface area (Å²) in [5.41, 5.74) is 3.57. The molecule has 0 unspecified atom stereocenters. The topological polar surface area (TPSA) is 63.8 Å². The molecule has 0 spiro atoms. The van der Waals surface area contributed by atoms with Crippen LogP contribution in [0.1, 0.15) is 43.5 Å².